The first kappa shape index (κ1) is 25.9. The highest BCUT2D eigenvalue weighted by atomic mass is 32.1. The van der Waals surface area contributed by atoms with Crippen molar-refractivity contribution in [3.05, 3.63) is 106 Å². The lowest BCUT2D eigenvalue weighted by molar-refractivity contribution is 0.0520. The number of nitrogens with zero attached hydrogens (tertiary/aromatic N) is 2. The highest BCUT2D eigenvalue weighted by molar-refractivity contribution is 7.16. The monoisotopic (exact) mass is 539 g/mol. The average Bonchev–Trinajstić information content (AvgIpc) is 3.38. The summed E-state index contributed by atoms with van der Waals surface area (Å²) in [6.07, 6.45) is 0. The summed E-state index contributed by atoms with van der Waals surface area (Å²) in [4.78, 5) is 39.6. The van der Waals surface area contributed by atoms with E-state index in [9.17, 15) is 14.4 Å². The number of benzene rings is 3. The van der Waals surface area contributed by atoms with Crippen molar-refractivity contribution in [2.75, 3.05) is 18.5 Å². The molecule has 8 nitrogen and oxygen atoms in total. The molecule has 39 heavy (non-hydrogen) atoms. The van der Waals surface area contributed by atoms with Gasteiger partial charge in [0.2, 0.25) is 0 Å². The number of ether oxygens (including phenoxy) is 2. The number of carbonyl (C=O) groups excluding carboxylic acids is 2. The van der Waals surface area contributed by atoms with Crippen LogP contribution in [0.1, 0.15) is 34.7 Å². The molecule has 5 rings (SSSR count). The largest absolute Gasteiger partial charge is 0.494 e. The molecule has 0 radical (unpaired) electrons. The maximum atomic E-state index is 13.6. The van der Waals surface area contributed by atoms with Crippen LogP contribution in [0.5, 0.6) is 5.75 Å². The van der Waals surface area contributed by atoms with Crippen LogP contribution in [0.2, 0.25) is 0 Å². The van der Waals surface area contributed by atoms with Gasteiger partial charge in [0, 0.05) is 16.3 Å². The van der Waals surface area contributed by atoms with Crippen LogP contribution in [0.4, 0.5) is 5.00 Å². The zero-order valence-electron chi connectivity index (χ0n) is 21.3. The molecule has 5 aromatic rings. The minimum Gasteiger partial charge on any atom is -0.494 e. The van der Waals surface area contributed by atoms with E-state index in [-0.39, 0.29) is 23.6 Å². The van der Waals surface area contributed by atoms with Crippen LogP contribution in [0, 0.1) is 0 Å². The van der Waals surface area contributed by atoms with Gasteiger partial charge in [-0.05, 0) is 61.4 Å². The fourth-order valence-electron chi connectivity index (χ4n) is 4.14. The van der Waals surface area contributed by atoms with Crippen LogP contribution in [0.25, 0.3) is 27.6 Å². The normalized spacial score (nSPS) is 10.8. The number of hydrogen-bond donors (Lipinski definition) is 1. The van der Waals surface area contributed by atoms with E-state index < -0.39 is 11.5 Å². The van der Waals surface area contributed by atoms with E-state index in [2.05, 4.69) is 10.4 Å². The number of hydrogen-bond acceptors (Lipinski definition) is 7. The smallest absolute Gasteiger partial charge is 0.359 e. The quantitative estimate of drug-likeness (QED) is 0.245. The zero-order valence-corrected chi connectivity index (χ0v) is 22.2. The number of nitrogens with one attached hydrogen (secondary N) is 1. The molecule has 2 aromatic heterocycles. The maximum Gasteiger partial charge on any atom is 0.359 e. The molecular formula is C30H25N3O5S. The minimum atomic E-state index is -0.658. The van der Waals surface area contributed by atoms with Crippen LogP contribution < -0.4 is 15.6 Å². The average molecular weight is 540 g/mol. The predicted octanol–water partition coefficient (Wildman–Crippen LogP) is 5.94. The van der Waals surface area contributed by atoms with Gasteiger partial charge in [-0.1, -0.05) is 42.5 Å². The van der Waals surface area contributed by atoms with Crippen molar-refractivity contribution < 1.29 is 19.1 Å². The molecular weight excluding hydrogens is 514 g/mol. The lowest BCUT2D eigenvalue weighted by Crippen LogP contribution is -2.25. The fraction of sp³-hybridized carbons (Fsp3) is 0.133. The van der Waals surface area contributed by atoms with Crippen LogP contribution in [0.3, 0.4) is 0 Å². The maximum absolute atomic E-state index is 13.6. The lowest BCUT2D eigenvalue weighted by Gasteiger charge is -2.11. The molecule has 0 bridgehead atoms. The Morgan fingerprint density at radius 2 is 1.59 bits per heavy atom. The predicted molar refractivity (Wildman–Crippen MR) is 152 cm³/mol. The molecule has 0 unspecified atom stereocenters. The van der Waals surface area contributed by atoms with Gasteiger partial charge in [0.25, 0.3) is 11.5 Å². The van der Waals surface area contributed by atoms with E-state index in [0.29, 0.717) is 34.0 Å². The number of rotatable bonds is 8. The van der Waals surface area contributed by atoms with Crippen LogP contribution in [-0.4, -0.2) is 34.9 Å². The summed E-state index contributed by atoms with van der Waals surface area (Å²) >= 11 is 1.15. The third-order valence-electron chi connectivity index (χ3n) is 5.99. The van der Waals surface area contributed by atoms with E-state index in [1.165, 1.54) is 0 Å². The standard InChI is InChI=1S/C30H25N3O5S/c1-3-37-23-16-14-22(15-17-23)33-29(35)25-24(26(32-33)30(36)38-4-2)18-39-28(25)31-27(34)21-12-10-20(11-13-21)19-8-6-5-7-9-19/h5-18H,3-4H2,1-2H3,(H,31,34). The van der Waals surface area contributed by atoms with E-state index >= 15 is 0 Å². The number of fused-ring (bicyclic) bond motifs is 1. The molecule has 3 aromatic carbocycles. The Hall–Kier alpha value is -4.76. The summed E-state index contributed by atoms with van der Waals surface area (Å²) in [5, 5.41) is 9.64. The van der Waals surface area contributed by atoms with Gasteiger partial charge in [0.05, 0.1) is 24.3 Å². The molecule has 0 aliphatic rings. The van der Waals surface area contributed by atoms with Gasteiger partial charge in [-0.2, -0.15) is 9.78 Å². The highest BCUT2D eigenvalue weighted by Crippen LogP contribution is 2.31. The SMILES string of the molecule is CCOC(=O)c1nn(-c2ccc(OCC)cc2)c(=O)c2c(NC(=O)c3ccc(-c4ccccc4)cc3)scc12. The Kier molecular flexibility index (Phi) is 7.51. The molecule has 0 atom stereocenters. The summed E-state index contributed by atoms with van der Waals surface area (Å²) < 4.78 is 11.8. The first-order valence-electron chi connectivity index (χ1n) is 12.4. The van der Waals surface area contributed by atoms with Gasteiger partial charge in [0.15, 0.2) is 5.69 Å². The van der Waals surface area contributed by atoms with Gasteiger partial charge in [-0.15, -0.1) is 11.3 Å². The van der Waals surface area contributed by atoms with Crippen molar-refractivity contribution in [2.45, 2.75) is 13.8 Å². The van der Waals surface area contributed by atoms with Gasteiger partial charge < -0.3 is 14.8 Å². The summed E-state index contributed by atoms with van der Waals surface area (Å²) in [6.45, 7) is 4.23. The molecule has 2 heterocycles. The molecule has 1 amide bonds. The molecule has 0 saturated heterocycles. The summed E-state index contributed by atoms with van der Waals surface area (Å²) in [5.74, 6) is -0.392. The Morgan fingerprint density at radius 1 is 0.897 bits per heavy atom. The van der Waals surface area contributed by atoms with E-state index in [4.69, 9.17) is 9.47 Å². The topological polar surface area (TPSA) is 99.5 Å². The third-order valence-corrected chi connectivity index (χ3v) is 6.89. The van der Waals surface area contributed by atoms with Crippen molar-refractivity contribution in [1.82, 2.24) is 9.78 Å². The molecule has 1 N–H and O–H groups in total. The number of esters is 1. The second-order valence-electron chi connectivity index (χ2n) is 8.46. The van der Waals surface area contributed by atoms with E-state index in [0.717, 1.165) is 27.1 Å². The fourth-order valence-corrected chi connectivity index (χ4v) is 5.07. The highest BCUT2D eigenvalue weighted by Gasteiger charge is 2.23. The van der Waals surface area contributed by atoms with E-state index in [1.807, 2.05) is 49.4 Å². The zero-order chi connectivity index (χ0) is 27.4. The third kappa shape index (κ3) is 5.30. The summed E-state index contributed by atoms with van der Waals surface area (Å²) in [5.41, 5.74) is 2.42. The first-order chi connectivity index (χ1) is 19.0. The van der Waals surface area contributed by atoms with Crippen molar-refractivity contribution in [2.24, 2.45) is 0 Å². The number of carbonyl (C=O) groups is 2. The Bertz CT molecular complexity index is 1690. The van der Waals surface area contributed by atoms with Gasteiger partial charge in [-0.25, -0.2) is 4.79 Å². The Labute approximate surface area is 228 Å². The second kappa shape index (κ2) is 11.3. The van der Waals surface area contributed by atoms with Crippen molar-refractivity contribution in [1.29, 1.82) is 0 Å². The lowest BCUT2D eigenvalue weighted by atomic mass is 10.0. The van der Waals surface area contributed by atoms with Crippen molar-refractivity contribution >= 4 is 39.0 Å². The summed E-state index contributed by atoms with van der Waals surface area (Å²) in [7, 11) is 0. The molecule has 0 aliphatic carbocycles. The molecule has 0 spiro atoms. The van der Waals surface area contributed by atoms with Gasteiger partial charge in [-0.3, -0.25) is 9.59 Å². The number of anilines is 1. The molecule has 0 saturated carbocycles. The van der Waals surface area contributed by atoms with Gasteiger partial charge in [0.1, 0.15) is 10.8 Å². The van der Waals surface area contributed by atoms with Crippen LogP contribution in [-0.2, 0) is 4.74 Å². The van der Waals surface area contributed by atoms with Crippen molar-refractivity contribution in [3.8, 4) is 22.6 Å². The number of thiophene rings is 1. The minimum absolute atomic E-state index is 0.00991. The van der Waals surface area contributed by atoms with E-state index in [1.54, 1.807) is 48.7 Å². The van der Waals surface area contributed by atoms with Gasteiger partial charge >= 0.3 is 5.97 Å². The Morgan fingerprint density at radius 3 is 2.26 bits per heavy atom. The molecule has 0 aliphatic heterocycles. The second-order valence-corrected chi connectivity index (χ2v) is 9.34. The molecule has 9 heteroatoms. The number of aromatic nitrogens is 2. The molecule has 0 fully saturated rings. The first-order valence-corrected chi connectivity index (χ1v) is 13.3. The van der Waals surface area contributed by atoms with Crippen LogP contribution in [0.15, 0.2) is 89.0 Å². The van der Waals surface area contributed by atoms with Crippen LogP contribution >= 0.6 is 11.3 Å². The Balaban J connectivity index is 1.53. The number of amides is 1. The van der Waals surface area contributed by atoms with Crippen molar-refractivity contribution in [3.63, 3.8) is 0 Å². The summed E-state index contributed by atoms with van der Waals surface area (Å²) in [6, 6.07) is 23.9. The molecule has 196 valence electrons.